The topological polar surface area (TPSA) is 67.6 Å². The van der Waals surface area contributed by atoms with Gasteiger partial charge in [0.25, 0.3) is 5.91 Å². The molecule has 0 unspecified atom stereocenters. The summed E-state index contributed by atoms with van der Waals surface area (Å²) in [5, 5.41) is 3.90. The molecule has 0 bridgehead atoms. The molecule has 1 saturated heterocycles. The fourth-order valence-corrected chi connectivity index (χ4v) is 4.45. The minimum Gasteiger partial charge on any atom is -0.459 e. The number of nitrogens with zero attached hydrogens (tertiary/aromatic N) is 2. The van der Waals surface area contributed by atoms with Crippen molar-refractivity contribution in [3.8, 4) is 0 Å². The fraction of sp³-hybridized carbons (Fsp3) is 0.333. The SMILES string of the molecule is CCc1cc([C@@H](c2ccccn2)N2CCOCC2)c(NC(=O)c2ccco2)s1. The van der Waals surface area contributed by atoms with Crippen LogP contribution in [0.25, 0.3) is 0 Å². The predicted molar refractivity (Wildman–Crippen MR) is 109 cm³/mol. The maximum atomic E-state index is 12.6. The standard InChI is InChI=1S/C21H23N3O3S/c1-2-15-14-16(21(28-15)23-20(25)18-7-5-11-27-18)19(17-6-3-4-8-22-17)24-9-12-26-13-10-24/h3-8,11,14,19H,2,9-10,12-13H2,1H3,(H,23,25)/t19-/m0/s1. The zero-order valence-corrected chi connectivity index (χ0v) is 16.6. The van der Waals surface area contributed by atoms with Crippen molar-refractivity contribution in [2.24, 2.45) is 0 Å². The zero-order valence-electron chi connectivity index (χ0n) is 15.8. The average Bonchev–Trinajstić information content (AvgIpc) is 3.41. The number of aromatic nitrogens is 1. The van der Waals surface area contributed by atoms with Crippen LogP contribution in [0.1, 0.15) is 39.7 Å². The van der Waals surface area contributed by atoms with E-state index in [1.54, 1.807) is 23.5 Å². The molecule has 6 nitrogen and oxygen atoms in total. The molecule has 7 heteroatoms. The van der Waals surface area contributed by atoms with Crippen LogP contribution < -0.4 is 5.32 Å². The second-order valence-electron chi connectivity index (χ2n) is 6.59. The summed E-state index contributed by atoms with van der Waals surface area (Å²) in [6.45, 7) is 5.16. The average molecular weight is 398 g/mol. The Labute approximate surface area is 168 Å². The molecule has 1 aliphatic heterocycles. The number of carbonyl (C=O) groups is 1. The Hall–Kier alpha value is -2.48. The molecule has 4 heterocycles. The van der Waals surface area contributed by atoms with Crippen LogP contribution >= 0.6 is 11.3 Å². The monoisotopic (exact) mass is 397 g/mol. The van der Waals surface area contributed by atoms with E-state index in [9.17, 15) is 4.79 Å². The molecule has 0 saturated carbocycles. The predicted octanol–water partition coefficient (Wildman–Crippen LogP) is 3.97. The Kier molecular flexibility index (Phi) is 5.85. The number of amides is 1. The van der Waals surface area contributed by atoms with Crippen LogP contribution in [0.4, 0.5) is 5.00 Å². The highest BCUT2D eigenvalue weighted by atomic mass is 32.1. The van der Waals surface area contributed by atoms with E-state index in [0.29, 0.717) is 19.0 Å². The summed E-state index contributed by atoms with van der Waals surface area (Å²) < 4.78 is 10.8. The summed E-state index contributed by atoms with van der Waals surface area (Å²) >= 11 is 1.61. The quantitative estimate of drug-likeness (QED) is 0.682. The van der Waals surface area contributed by atoms with Crippen LogP contribution in [0.3, 0.4) is 0 Å². The maximum absolute atomic E-state index is 12.6. The Morgan fingerprint density at radius 1 is 1.29 bits per heavy atom. The third-order valence-corrected chi connectivity index (χ3v) is 6.02. The number of hydrogen-bond acceptors (Lipinski definition) is 6. The molecule has 0 aromatic carbocycles. The van der Waals surface area contributed by atoms with E-state index in [1.807, 2.05) is 24.4 Å². The summed E-state index contributed by atoms with van der Waals surface area (Å²) in [5.74, 6) is 0.0654. The highest BCUT2D eigenvalue weighted by molar-refractivity contribution is 7.16. The normalized spacial score (nSPS) is 16.0. The first-order valence-corrected chi connectivity index (χ1v) is 10.3. The summed E-state index contributed by atoms with van der Waals surface area (Å²) in [6, 6.07) is 11.5. The lowest BCUT2D eigenvalue weighted by molar-refractivity contribution is 0.0234. The number of hydrogen-bond donors (Lipinski definition) is 1. The summed E-state index contributed by atoms with van der Waals surface area (Å²) in [7, 11) is 0. The van der Waals surface area contributed by atoms with E-state index in [0.717, 1.165) is 35.8 Å². The van der Waals surface area contributed by atoms with E-state index >= 15 is 0 Å². The molecule has 1 fully saturated rings. The van der Waals surface area contributed by atoms with Crippen LogP contribution in [-0.2, 0) is 11.2 Å². The van der Waals surface area contributed by atoms with E-state index in [4.69, 9.17) is 9.15 Å². The molecule has 146 valence electrons. The van der Waals surface area contributed by atoms with Crippen molar-refractivity contribution >= 4 is 22.2 Å². The molecule has 1 N–H and O–H groups in total. The Balaban J connectivity index is 1.72. The van der Waals surface area contributed by atoms with Gasteiger partial charge < -0.3 is 14.5 Å². The number of nitrogens with one attached hydrogen (secondary N) is 1. The van der Waals surface area contributed by atoms with Crippen molar-refractivity contribution in [3.05, 3.63) is 70.8 Å². The highest BCUT2D eigenvalue weighted by Gasteiger charge is 2.29. The number of furan rings is 1. The van der Waals surface area contributed by atoms with E-state index in [2.05, 4.69) is 28.2 Å². The van der Waals surface area contributed by atoms with Crippen molar-refractivity contribution in [3.63, 3.8) is 0 Å². The van der Waals surface area contributed by atoms with Crippen LogP contribution in [0.15, 0.2) is 53.3 Å². The van der Waals surface area contributed by atoms with Gasteiger partial charge in [0.15, 0.2) is 5.76 Å². The number of ether oxygens (including phenoxy) is 1. The molecular formula is C21H23N3O3S. The van der Waals surface area contributed by atoms with Gasteiger partial charge >= 0.3 is 0 Å². The van der Waals surface area contributed by atoms with Gasteiger partial charge in [-0.2, -0.15) is 0 Å². The first-order valence-electron chi connectivity index (χ1n) is 9.46. The van der Waals surface area contributed by atoms with Crippen molar-refractivity contribution in [1.82, 2.24) is 9.88 Å². The first kappa shape index (κ1) is 18.9. The molecule has 0 aliphatic carbocycles. The minimum atomic E-state index is -0.238. The molecule has 28 heavy (non-hydrogen) atoms. The first-order chi connectivity index (χ1) is 13.8. The Morgan fingerprint density at radius 3 is 2.82 bits per heavy atom. The molecule has 3 aromatic heterocycles. The Morgan fingerprint density at radius 2 is 2.14 bits per heavy atom. The zero-order chi connectivity index (χ0) is 19.3. The minimum absolute atomic E-state index is 0.0337. The number of anilines is 1. The molecule has 4 rings (SSSR count). The summed E-state index contributed by atoms with van der Waals surface area (Å²) in [5.41, 5.74) is 2.04. The number of thiophene rings is 1. The fourth-order valence-electron chi connectivity index (χ4n) is 3.42. The van der Waals surface area contributed by atoms with Crippen LogP contribution in [-0.4, -0.2) is 42.1 Å². The van der Waals surface area contributed by atoms with Gasteiger partial charge in [0.2, 0.25) is 0 Å². The van der Waals surface area contributed by atoms with Gasteiger partial charge in [-0.25, -0.2) is 0 Å². The lowest BCUT2D eigenvalue weighted by atomic mass is 10.0. The number of rotatable bonds is 6. The second kappa shape index (κ2) is 8.68. The van der Waals surface area contributed by atoms with Gasteiger partial charge in [0.05, 0.1) is 31.2 Å². The lowest BCUT2D eigenvalue weighted by Gasteiger charge is -2.34. The molecule has 1 atom stereocenters. The smallest absolute Gasteiger partial charge is 0.291 e. The van der Waals surface area contributed by atoms with Gasteiger partial charge in [0, 0.05) is 29.7 Å². The molecule has 3 aromatic rings. The largest absolute Gasteiger partial charge is 0.459 e. The summed E-state index contributed by atoms with van der Waals surface area (Å²) in [6.07, 6.45) is 4.23. The Bertz CT molecular complexity index is 902. The third-order valence-electron chi connectivity index (χ3n) is 4.81. The van der Waals surface area contributed by atoms with Crippen LogP contribution in [0, 0.1) is 0 Å². The number of carbonyl (C=O) groups excluding carboxylic acids is 1. The third kappa shape index (κ3) is 4.01. The van der Waals surface area contributed by atoms with Gasteiger partial charge in [-0.05, 0) is 36.8 Å². The maximum Gasteiger partial charge on any atom is 0.291 e. The lowest BCUT2D eigenvalue weighted by Crippen LogP contribution is -2.40. The number of pyridine rings is 1. The number of aryl methyl sites for hydroxylation is 1. The van der Waals surface area contributed by atoms with E-state index in [1.165, 1.54) is 11.1 Å². The van der Waals surface area contributed by atoms with Crippen molar-refractivity contribution in [1.29, 1.82) is 0 Å². The van der Waals surface area contributed by atoms with Crippen LogP contribution in [0.2, 0.25) is 0 Å². The summed E-state index contributed by atoms with van der Waals surface area (Å²) in [4.78, 5) is 20.8. The molecule has 0 radical (unpaired) electrons. The van der Waals surface area contributed by atoms with Crippen molar-refractivity contribution in [2.45, 2.75) is 19.4 Å². The van der Waals surface area contributed by atoms with E-state index in [-0.39, 0.29) is 11.9 Å². The second-order valence-corrected chi connectivity index (χ2v) is 7.72. The van der Waals surface area contributed by atoms with Crippen molar-refractivity contribution in [2.75, 3.05) is 31.6 Å². The van der Waals surface area contributed by atoms with Crippen LogP contribution in [0.5, 0.6) is 0 Å². The molecule has 1 amide bonds. The number of morpholine rings is 1. The van der Waals surface area contributed by atoms with Gasteiger partial charge in [0.1, 0.15) is 5.00 Å². The van der Waals surface area contributed by atoms with Gasteiger partial charge in [-0.3, -0.25) is 14.7 Å². The van der Waals surface area contributed by atoms with Gasteiger partial charge in [-0.1, -0.05) is 13.0 Å². The van der Waals surface area contributed by atoms with Crippen molar-refractivity contribution < 1.29 is 13.9 Å². The molecule has 0 spiro atoms. The highest BCUT2D eigenvalue weighted by Crippen LogP contribution is 2.39. The van der Waals surface area contributed by atoms with Gasteiger partial charge in [-0.15, -0.1) is 11.3 Å². The molecular weight excluding hydrogens is 374 g/mol. The van der Waals surface area contributed by atoms with E-state index < -0.39 is 0 Å². The molecule has 1 aliphatic rings.